The van der Waals surface area contributed by atoms with Gasteiger partial charge in [0.05, 0.1) is 22.8 Å². The summed E-state index contributed by atoms with van der Waals surface area (Å²) in [4.78, 5) is 9.18. The van der Waals surface area contributed by atoms with Crippen LogP contribution in [0.2, 0.25) is 0 Å². The molecule has 1 aromatic carbocycles. The van der Waals surface area contributed by atoms with Crippen LogP contribution in [0.1, 0.15) is 44.2 Å². The molecule has 1 N–H and O–H groups in total. The summed E-state index contributed by atoms with van der Waals surface area (Å²) < 4.78 is 1.04. The maximum Gasteiger partial charge on any atom is 0.0901 e. The minimum Gasteiger partial charge on any atom is -0.393 e. The van der Waals surface area contributed by atoms with Crippen LogP contribution >= 0.6 is 15.9 Å². The molecule has 1 aliphatic carbocycles. The molecule has 3 rings (SSSR count). The average Bonchev–Trinajstić information content (AvgIpc) is 2.49. The first-order valence-electron chi connectivity index (χ1n) is 7.80. The van der Waals surface area contributed by atoms with Crippen molar-refractivity contribution in [3.8, 4) is 0 Å². The number of aromatic nitrogens is 2. The molecule has 0 unspecified atom stereocenters. The second-order valence-corrected chi connectivity index (χ2v) is 6.98. The number of hydrogen-bond acceptors (Lipinski definition) is 3. The number of benzene rings is 1. The van der Waals surface area contributed by atoms with Gasteiger partial charge in [-0.15, -0.1) is 0 Å². The van der Waals surface area contributed by atoms with Gasteiger partial charge in [0.15, 0.2) is 0 Å². The van der Waals surface area contributed by atoms with Crippen molar-refractivity contribution in [2.24, 2.45) is 5.92 Å². The fraction of sp³-hybridized carbons (Fsp3) is 0.529. The Bertz CT molecular complexity index is 609. The second kappa shape index (κ2) is 6.84. The molecule has 0 spiro atoms. The highest BCUT2D eigenvalue weighted by molar-refractivity contribution is 9.10. The molecule has 0 aliphatic heterocycles. The van der Waals surface area contributed by atoms with Gasteiger partial charge in [-0.05, 0) is 62.6 Å². The Balaban J connectivity index is 1.55. The molecule has 21 heavy (non-hydrogen) atoms. The van der Waals surface area contributed by atoms with Crippen LogP contribution in [-0.4, -0.2) is 21.2 Å². The number of aliphatic hydroxyl groups is 1. The summed E-state index contributed by atoms with van der Waals surface area (Å²) in [6, 6.07) is 6.01. The fourth-order valence-corrected chi connectivity index (χ4v) is 3.50. The molecule has 1 saturated carbocycles. The monoisotopic (exact) mass is 348 g/mol. The molecule has 3 nitrogen and oxygen atoms in total. The van der Waals surface area contributed by atoms with E-state index in [-0.39, 0.29) is 6.10 Å². The Labute approximate surface area is 133 Å². The summed E-state index contributed by atoms with van der Waals surface area (Å²) >= 11 is 3.48. The molecule has 0 radical (unpaired) electrons. The summed E-state index contributed by atoms with van der Waals surface area (Å²) in [5, 5.41) is 9.53. The maximum atomic E-state index is 9.53. The van der Waals surface area contributed by atoms with E-state index >= 15 is 0 Å². The molecule has 0 amide bonds. The Morgan fingerprint density at radius 2 is 1.95 bits per heavy atom. The van der Waals surface area contributed by atoms with Crippen LogP contribution in [0.3, 0.4) is 0 Å². The molecule has 0 atom stereocenters. The molecule has 1 aliphatic rings. The highest BCUT2D eigenvalue weighted by Gasteiger charge is 2.18. The molecule has 1 heterocycles. The van der Waals surface area contributed by atoms with Gasteiger partial charge in [0.1, 0.15) is 0 Å². The van der Waals surface area contributed by atoms with Crippen molar-refractivity contribution in [3.63, 3.8) is 0 Å². The quantitative estimate of drug-likeness (QED) is 0.897. The van der Waals surface area contributed by atoms with E-state index in [2.05, 4.69) is 20.9 Å². The molecular formula is C17H21BrN2O. The molecule has 0 bridgehead atoms. The third kappa shape index (κ3) is 4.01. The third-order valence-corrected chi connectivity index (χ3v) is 4.91. The lowest BCUT2D eigenvalue weighted by Gasteiger charge is -2.25. The lowest BCUT2D eigenvalue weighted by molar-refractivity contribution is 0.106. The zero-order valence-corrected chi connectivity index (χ0v) is 13.7. The zero-order chi connectivity index (χ0) is 14.7. The molecule has 1 aromatic heterocycles. The van der Waals surface area contributed by atoms with Gasteiger partial charge < -0.3 is 5.11 Å². The predicted molar refractivity (Wildman–Crippen MR) is 88.1 cm³/mol. The minimum absolute atomic E-state index is 0.0500. The predicted octanol–water partition coefficient (Wildman–Crippen LogP) is 4.27. The highest BCUT2D eigenvalue weighted by atomic mass is 79.9. The Morgan fingerprint density at radius 3 is 2.76 bits per heavy atom. The average molecular weight is 349 g/mol. The van der Waals surface area contributed by atoms with Crippen LogP contribution in [0.5, 0.6) is 0 Å². The van der Waals surface area contributed by atoms with Crippen LogP contribution in [-0.2, 0) is 6.42 Å². The molecule has 2 aromatic rings. The van der Waals surface area contributed by atoms with Crippen LogP contribution in [0.4, 0.5) is 0 Å². The van der Waals surface area contributed by atoms with Gasteiger partial charge in [-0.1, -0.05) is 22.4 Å². The SMILES string of the molecule is O[C@H]1CC[C@H](CCCc2cnc3ccc(Br)cc3n2)CC1. The van der Waals surface area contributed by atoms with Gasteiger partial charge in [0.25, 0.3) is 0 Å². The van der Waals surface area contributed by atoms with E-state index < -0.39 is 0 Å². The highest BCUT2D eigenvalue weighted by Crippen LogP contribution is 2.28. The Hall–Kier alpha value is -1.00. The number of aryl methyl sites for hydroxylation is 1. The first-order chi connectivity index (χ1) is 10.2. The van der Waals surface area contributed by atoms with E-state index in [1.807, 2.05) is 24.4 Å². The van der Waals surface area contributed by atoms with E-state index in [1.54, 1.807) is 0 Å². The lowest BCUT2D eigenvalue weighted by atomic mass is 9.84. The van der Waals surface area contributed by atoms with Crippen molar-refractivity contribution in [2.75, 3.05) is 0 Å². The number of halogens is 1. The van der Waals surface area contributed by atoms with E-state index in [1.165, 1.54) is 19.3 Å². The van der Waals surface area contributed by atoms with Crippen LogP contribution in [0.25, 0.3) is 11.0 Å². The maximum absolute atomic E-state index is 9.53. The van der Waals surface area contributed by atoms with Gasteiger partial charge in [-0.25, -0.2) is 4.98 Å². The van der Waals surface area contributed by atoms with E-state index in [4.69, 9.17) is 4.98 Å². The summed E-state index contributed by atoms with van der Waals surface area (Å²) in [6.07, 6.45) is 9.57. The van der Waals surface area contributed by atoms with Crippen molar-refractivity contribution in [3.05, 3.63) is 34.6 Å². The van der Waals surface area contributed by atoms with Crippen LogP contribution in [0.15, 0.2) is 28.9 Å². The van der Waals surface area contributed by atoms with E-state index in [0.29, 0.717) is 0 Å². The van der Waals surface area contributed by atoms with E-state index in [0.717, 1.165) is 52.8 Å². The van der Waals surface area contributed by atoms with Crippen molar-refractivity contribution in [1.82, 2.24) is 9.97 Å². The van der Waals surface area contributed by atoms with Crippen molar-refractivity contribution >= 4 is 27.0 Å². The van der Waals surface area contributed by atoms with Crippen molar-refractivity contribution < 1.29 is 5.11 Å². The molecule has 4 heteroatoms. The molecule has 1 fully saturated rings. The van der Waals surface area contributed by atoms with Crippen LogP contribution in [0, 0.1) is 5.92 Å². The number of hydrogen-bond donors (Lipinski definition) is 1. The van der Waals surface area contributed by atoms with Gasteiger partial charge >= 0.3 is 0 Å². The first kappa shape index (κ1) is 14.9. The number of nitrogens with zero attached hydrogens (tertiary/aromatic N) is 2. The van der Waals surface area contributed by atoms with E-state index in [9.17, 15) is 5.11 Å². The topological polar surface area (TPSA) is 46.0 Å². The standard InChI is InChI=1S/C17H21BrN2O/c18-13-6-9-16-17(10-13)20-14(11-19-16)3-1-2-12-4-7-15(21)8-5-12/h6,9-12,15,21H,1-5,7-8H2/t12-,15-. The molecule has 0 saturated heterocycles. The number of fused-ring (bicyclic) bond motifs is 1. The third-order valence-electron chi connectivity index (χ3n) is 4.42. The number of rotatable bonds is 4. The van der Waals surface area contributed by atoms with Gasteiger partial charge in [-0.3, -0.25) is 4.98 Å². The van der Waals surface area contributed by atoms with Crippen LogP contribution < -0.4 is 0 Å². The summed E-state index contributed by atoms with van der Waals surface area (Å²) in [7, 11) is 0. The van der Waals surface area contributed by atoms with Gasteiger partial charge in [0.2, 0.25) is 0 Å². The fourth-order valence-electron chi connectivity index (χ4n) is 3.15. The first-order valence-corrected chi connectivity index (χ1v) is 8.59. The minimum atomic E-state index is -0.0500. The second-order valence-electron chi connectivity index (χ2n) is 6.06. The molecule has 112 valence electrons. The smallest absolute Gasteiger partial charge is 0.0901 e. The zero-order valence-electron chi connectivity index (χ0n) is 12.1. The Morgan fingerprint density at radius 1 is 1.14 bits per heavy atom. The van der Waals surface area contributed by atoms with Crippen molar-refractivity contribution in [2.45, 2.75) is 51.0 Å². The van der Waals surface area contributed by atoms with Gasteiger partial charge in [0, 0.05) is 10.7 Å². The summed E-state index contributed by atoms with van der Waals surface area (Å²) in [5.74, 6) is 0.788. The number of aliphatic hydroxyl groups excluding tert-OH is 1. The van der Waals surface area contributed by atoms with Gasteiger partial charge in [-0.2, -0.15) is 0 Å². The van der Waals surface area contributed by atoms with Crippen molar-refractivity contribution in [1.29, 1.82) is 0 Å². The molecular weight excluding hydrogens is 328 g/mol. The summed E-state index contributed by atoms with van der Waals surface area (Å²) in [6.45, 7) is 0. The Kier molecular flexibility index (Phi) is 4.86. The summed E-state index contributed by atoms with van der Waals surface area (Å²) in [5.41, 5.74) is 2.99. The lowest BCUT2D eigenvalue weighted by Crippen LogP contribution is -2.18. The largest absolute Gasteiger partial charge is 0.393 e. The normalized spacial score (nSPS) is 22.6.